The topological polar surface area (TPSA) is 76.0 Å². The SMILES string of the molecule is O=C(NNC(=O)c1cn(-c2ccccc2)nc1-c1ccccc1)c1cccs1. The fourth-order valence-corrected chi connectivity index (χ4v) is 3.33. The molecule has 0 saturated heterocycles. The molecule has 4 rings (SSSR count). The van der Waals surface area contributed by atoms with Crippen LogP contribution < -0.4 is 10.9 Å². The lowest BCUT2D eigenvalue weighted by Gasteiger charge is -2.06. The summed E-state index contributed by atoms with van der Waals surface area (Å²) in [5.41, 5.74) is 7.47. The zero-order valence-corrected chi connectivity index (χ0v) is 15.5. The Bertz CT molecular complexity index is 1090. The molecule has 138 valence electrons. The zero-order chi connectivity index (χ0) is 19.3. The minimum Gasteiger partial charge on any atom is -0.267 e. The van der Waals surface area contributed by atoms with Crippen molar-refractivity contribution in [2.75, 3.05) is 0 Å². The highest BCUT2D eigenvalue weighted by Crippen LogP contribution is 2.23. The van der Waals surface area contributed by atoms with E-state index in [1.165, 1.54) is 11.3 Å². The number of nitrogens with zero attached hydrogens (tertiary/aromatic N) is 2. The normalized spacial score (nSPS) is 10.4. The van der Waals surface area contributed by atoms with Crippen LogP contribution in [0.4, 0.5) is 0 Å². The van der Waals surface area contributed by atoms with Crippen molar-refractivity contribution in [1.29, 1.82) is 0 Å². The summed E-state index contributed by atoms with van der Waals surface area (Å²) in [7, 11) is 0. The largest absolute Gasteiger partial charge is 0.279 e. The average Bonchev–Trinajstić information content (AvgIpc) is 3.43. The van der Waals surface area contributed by atoms with Crippen molar-refractivity contribution in [3.8, 4) is 16.9 Å². The maximum atomic E-state index is 12.8. The molecular formula is C21H16N4O2S. The maximum absolute atomic E-state index is 12.8. The first kappa shape index (κ1) is 17.7. The van der Waals surface area contributed by atoms with E-state index in [1.54, 1.807) is 28.4 Å². The van der Waals surface area contributed by atoms with Gasteiger partial charge in [0.05, 0.1) is 16.1 Å². The number of hydrogen-bond donors (Lipinski definition) is 2. The average molecular weight is 388 g/mol. The number of nitrogens with one attached hydrogen (secondary N) is 2. The Kier molecular flexibility index (Phi) is 4.99. The number of rotatable bonds is 4. The highest BCUT2D eigenvalue weighted by atomic mass is 32.1. The summed E-state index contributed by atoms with van der Waals surface area (Å²) >= 11 is 1.30. The van der Waals surface area contributed by atoms with Gasteiger partial charge in [0.2, 0.25) is 0 Å². The second-order valence-corrected chi connectivity index (χ2v) is 6.87. The molecule has 0 bridgehead atoms. The van der Waals surface area contributed by atoms with Crippen molar-refractivity contribution in [2.24, 2.45) is 0 Å². The molecule has 0 aliphatic rings. The van der Waals surface area contributed by atoms with Crippen LogP contribution in [0, 0.1) is 0 Å². The summed E-state index contributed by atoms with van der Waals surface area (Å²) in [4.78, 5) is 25.4. The van der Waals surface area contributed by atoms with Gasteiger partial charge in [0.1, 0.15) is 5.69 Å². The molecule has 0 fully saturated rings. The monoisotopic (exact) mass is 388 g/mol. The van der Waals surface area contributed by atoms with Crippen LogP contribution in [-0.4, -0.2) is 21.6 Å². The van der Waals surface area contributed by atoms with E-state index >= 15 is 0 Å². The Morgan fingerprint density at radius 2 is 1.50 bits per heavy atom. The molecule has 2 aromatic heterocycles. The molecule has 0 aliphatic carbocycles. The zero-order valence-electron chi connectivity index (χ0n) is 14.7. The number of hydrazine groups is 1. The van der Waals surface area contributed by atoms with E-state index in [2.05, 4.69) is 16.0 Å². The number of para-hydroxylation sites is 1. The molecular weight excluding hydrogens is 372 g/mol. The van der Waals surface area contributed by atoms with Crippen molar-refractivity contribution in [3.63, 3.8) is 0 Å². The van der Waals surface area contributed by atoms with E-state index in [9.17, 15) is 9.59 Å². The summed E-state index contributed by atoms with van der Waals surface area (Å²) in [6.45, 7) is 0. The quantitative estimate of drug-likeness (QED) is 0.524. The van der Waals surface area contributed by atoms with Crippen LogP contribution in [0.3, 0.4) is 0 Å². The Hall–Kier alpha value is -3.71. The number of thiophene rings is 1. The Morgan fingerprint density at radius 3 is 2.18 bits per heavy atom. The molecule has 0 saturated carbocycles. The number of benzene rings is 2. The van der Waals surface area contributed by atoms with Gasteiger partial charge in [0, 0.05) is 11.8 Å². The van der Waals surface area contributed by atoms with Crippen molar-refractivity contribution >= 4 is 23.2 Å². The van der Waals surface area contributed by atoms with Crippen LogP contribution in [0.15, 0.2) is 84.4 Å². The fourth-order valence-electron chi connectivity index (χ4n) is 2.71. The molecule has 0 unspecified atom stereocenters. The van der Waals surface area contributed by atoms with Gasteiger partial charge in [-0.1, -0.05) is 54.6 Å². The van der Waals surface area contributed by atoms with E-state index in [-0.39, 0.29) is 5.91 Å². The first-order valence-corrected chi connectivity index (χ1v) is 9.45. The number of carbonyl (C=O) groups excluding carboxylic acids is 2. The molecule has 2 aromatic carbocycles. The summed E-state index contributed by atoms with van der Waals surface area (Å²) in [6, 6.07) is 22.4. The molecule has 28 heavy (non-hydrogen) atoms. The second kappa shape index (κ2) is 7.89. The van der Waals surface area contributed by atoms with Crippen molar-refractivity contribution in [2.45, 2.75) is 0 Å². The Balaban J connectivity index is 1.63. The molecule has 0 atom stereocenters. The minimum atomic E-state index is -0.439. The predicted octanol–water partition coefficient (Wildman–Crippen LogP) is 3.68. The smallest absolute Gasteiger partial charge is 0.267 e. The van der Waals surface area contributed by atoms with E-state index in [1.807, 2.05) is 60.7 Å². The summed E-state index contributed by atoms with van der Waals surface area (Å²) in [5, 5.41) is 6.39. The molecule has 0 radical (unpaired) electrons. The summed E-state index contributed by atoms with van der Waals surface area (Å²) in [5.74, 6) is -0.800. The van der Waals surface area contributed by atoms with E-state index in [0.29, 0.717) is 16.1 Å². The van der Waals surface area contributed by atoms with Crippen molar-refractivity contribution in [3.05, 3.63) is 94.8 Å². The molecule has 6 nitrogen and oxygen atoms in total. The lowest BCUT2D eigenvalue weighted by Crippen LogP contribution is -2.41. The van der Waals surface area contributed by atoms with Crippen molar-refractivity contribution < 1.29 is 9.59 Å². The first-order chi connectivity index (χ1) is 13.7. The minimum absolute atomic E-state index is 0.361. The van der Waals surface area contributed by atoms with Crippen LogP contribution in [0.5, 0.6) is 0 Å². The standard InChI is InChI=1S/C21H16N4O2S/c26-20(22-23-21(27)18-12-7-13-28-18)17-14-25(16-10-5-2-6-11-16)24-19(17)15-8-3-1-4-9-15/h1-14H,(H,22,26)(H,23,27). The molecule has 2 N–H and O–H groups in total. The Morgan fingerprint density at radius 1 is 0.821 bits per heavy atom. The predicted molar refractivity (Wildman–Crippen MR) is 108 cm³/mol. The number of carbonyl (C=O) groups is 2. The van der Waals surface area contributed by atoms with Crippen LogP contribution in [0.25, 0.3) is 16.9 Å². The summed E-state index contributed by atoms with van der Waals surface area (Å²) in [6.07, 6.45) is 1.66. The van der Waals surface area contributed by atoms with Gasteiger partial charge in [-0.15, -0.1) is 11.3 Å². The van der Waals surface area contributed by atoms with Crippen LogP contribution in [0.1, 0.15) is 20.0 Å². The van der Waals surface area contributed by atoms with E-state index < -0.39 is 5.91 Å². The number of amides is 2. The molecule has 2 heterocycles. The van der Waals surface area contributed by atoms with Gasteiger partial charge < -0.3 is 0 Å². The molecule has 7 heteroatoms. The fraction of sp³-hybridized carbons (Fsp3) is 0. The van der Waals surface area contributed by atoms with E-state index in [0.717, 1.165) is 11.3 Å². The Labute approximate surface area is 165 Å². The summed E-state index contributed by atoms with van der Waals surface area (Å²) < 4.78 is 1.65. The molecule has 2 amide bonds. The lowest BCUT2D eigenvalue weighted by atomic mass is 10.1. The number of aromatic nitrogens is 2. The number of hydrogen-bond acceptors (Lipinski definition) is 4. The molecule has 0 spiro atoms. The van der Waals surface area contributed by atoms with Gasteiger partial charge in [-0.25, -0.2) is 4.68 Å². The highest BCUT2D eigenvalue weighted by Gasteiger charge is 2.19. The third-order valence-corrected chi connectivity index (χ3v) is 4.93. The van der Waals surface area contributed by atoms with Gasteiger partial charge in [-0.2, -0.15) is 5.10 Å². The van der Waals surface area contributed by atoms with Crippen LogP contribution in [-0.2, 0) is 0 Å². The van der Waals surface area contributed by atoms with Gasteiger partial charge in [-0.3, -0.25) is 20.4 Å². The second-order valence-electron chi connectivity index (χ2n) is 5.92. The van der Waals surface area contributed by atoms with Crippen LogP contribution in [0.2, 0.25) is 0 Å². The van der Waals surface area contributed by atoms with E-state index in [4.69, 9.17) is 0 Å². The van der Waals surface area contributed by atoms with Gasteiger partial charge >= 0.3 is 0 Å². The van der Waals surface area contributed by atoms with Gasteiger partial charge in [0.25, 0.3) is 11.8 Å². The lowest BCUT2D eigenvalue weighted by molar-refractivity contribution is 0.0849. The molecule has 0 aliphatic heterocycles. The first-order valence-electron chi connectivity index (χ1n) is 8.57. The third kappa shape index (κ3) is 3.70. The molecule has 4 aromatic rings. The van der Waals surface area contributed by atoms with Crippen LogP contribution >= 0.6 is 11.3 Å². The van der Waals surface area contributed by atoms with Crippen molar-refractivity contribution in [1.82, 2.24) is 20.6 Å². The maximum Gasteiger partial charge on any atom is 0.279 e. The van der Waals surface area contributed by atoms with Gasteiger partial charge in [0.15, 0.2) is 0 Å². The highest BCUT2D eigenvalue weighted by molar-refractivity contribution is 7.12. The van der Waals surface area contributed by atoms with Gasteiger partial charge in [-0.05, 0) is 23.6 Å². The third-order valence-electron chi connectivity index (χ3n) is 4.06.